The Morgan fingerprint density at radius 3 is 2.68 bits per heavy atom. The number of pyridine rings is 1. The van der Waals surface area contributed by atoms with Gasteiger partial charge in [-0.05, 0) is 24.3 Å². The van der Waals surface area contributed by atoms with Crippen LogP contribution in [0.25, 0.3) is 22.2 Å². The fourth-order valence-electron chi connectivity index (χ4n) is 2.57. The third kappa shape index (κ3) is 3.09. The minimum atomic E-state index is -3.69. The van der Waals surface area contributed by atoms with Crippen LogP contribution >= 0.6 is 0 Å². The summed E-state index contributed by atoms with van der Waals surface area (Å²) < 4.78 is 27.1. The van der Waals surface area contributed by atoms with Crippen LogP contribution in [0.5, 0.6) is 0 Å². The van der Waals surface area contributed by atoms with Gasteiger partial charge in [0, 0.05) is 16.6 Å². The second-order valence-electron chi connectivity index (χ2n) is 5.49. The number of aromatic nitrogens is 3. The third-order valence-electron chi connectivity index (χ3n) is 3.77. The molecule has 0 atom stereocenters. The lowest BCUT2D eigenvalue weighted by molar-refractivity contribution is 0.598. The van der Waals surface area contributed by atoms with E-state index >= 15 is 0 Å². The summed E-state index contributed by atoms with van der Waals surface area (Å²) in [5.74, 6) is 0. The van der Waals surface area contributed by atoms with E-state index in [1.165, 1.54) is 12.5 Å². The van der Waals surface area contributed by atoms with Gasteiger partial charge in [-0.25, -0.2) is 9.97 Å². The molecule has 0 saturated carbocycles. The maximum atomic E-state index is 12.3. The highest BCUT2D eigenvalue weighted by atomic mass is 32.2. The second-order valence-corrected chi connectivity index (χ2v) is 7.14. The van der Waals surface area contributed by atoms with Crippen molar-refractivity contribution in [3.05, 3.63) is 73.2 Å². The van der Waals surface area contributed by atoms with E-state index in [0.29, 0.717) is 5.69 Å². The summed E-state index contributed by atoms with van der Waals surface area (Å²) >= 11 is 0. The molecule has 0 aliphatic rings. The summed E-state index contributed by atoms with van der Waals surface area (Å²) in [4.78, 5) is 11.0. The molecule has 7 heteroatoms. The van der Waals surface area contributed by atoms with Gasteiger partial charge in [0.1, 0.15) is 0 Å². The number of hydrogen-bond donors (Lipinski definition) is 2. The number of rotatable bonds is 4. The summed E-state index contributed by atoms with van der Waals surface area (Å²) in [6, 6.07) is 18.9. The van der Waals surface area contributed by atoms with Gasteiger partial charge in [0.15, 0.2) is 5.03 Å². The van der Waals surface area contributed by atoms with Crippen molar-refractivity contribution in [3.8, 4) is 11.3 Å². The predicted octanol–water partition coefficient (Wildman–Crippen LogP) is 3.43. The molecule has 0 unspecified atom stereocenters. The highest BCUT2D eigenvalue weighted by Crippen LogP contribution is 2.24. The van der Waals surface area contributed by atoms with Gasteiger partial charge in [-0.15, -0.1) is 0 Å². The van der Waals surface area contributed by atoms with Crippen molar-refractivity contribution < 1.29 is 8.42 Å². The number of anilines is 1. The van der Waals surface area contributed by atoms with Gasteiger partial charge in [-0.3, -0.25) is 4.72 Å². The molecule has 4 aromatic rings. The van der Waals surface area contributed by atoms with E-state index in [0.717, 1.165) is 22.2 Å². The molecular weight excluding hydrogens is 336 g/mol. The van der Waals surface area contributed by atoms with Crippen LogP contribution in [0.15, 0.2) is 78.2 Å². The zero-order chi connectivity index (χ0) is 17.3. The first-order chi connectivity index (χ1) is 12.1. The van der Waals surface area contributed by atoms with Gasteiger partial charge in [0.2, 0.25) is 0 Å². The monoisotopic (exact) mass is 350 g/mol. The molecule has 2 N–H and O–H groups in total. The number of benzene rings is 2. The van der Waals surface area contributed by atoms with E-state index in [-0.39, 0.29) is 5.03 Å². The molecule has 124 valence electrons. The molecule has 2 aromatic heterocycles. The number of H-pyrrole nitrogens is 1. The van der Waals surface area contributed by atoms with E-state index in [1.54, 1.807) is 18.2 Å². The summed E-state index contributed by atoms with van der Waals surface area (Å²) in [6.07, 6.45) is 2.58. The number of aromatic amines is 1. The molecule has 2 heterocycles. The Hall–Kier alpha value is -3.19. The molecule has 0 amide bonds. The standard InChI is InChI=1S/C18H14N4O2S/c23-25(24,18-11-19-12-20-18)22-15-6-3-5-14(10-15)17-9-8-13-4-1-2-7-16(13)21-17/h1-12,22H,(H,19,20). The van der Waals surface area contributed by atoms with E-state index in [4.69, 9.17) is 0 Å². The number of sulfonamides is 1. The topological polar surface area (TPSA) is 87.7 Å². The van der Waals surface area contributed by atoms with E-state index in [9.17, 15) is 8.42 Å². The van der Waals surface area contributed by atoms with Crippen molar-refractivity contribution >= 4 is 26.6 Å². The third-order valence-corrected chi connectivity index (χ3v) is 5.08. The van der Waals surface area contributed by atoms with Crippen molar-refractivity contribution in [1.29, 1.82) is 0 Å². The molecule has 0 bridgehead atoms. The average Bonchev–Trinajstić information content (AvgIpc) is 3.17. The van der Waals surface area contributed by atoms with Gasteiger partial charge in [0.05, 0.1) is 23.7 Å². The molecule has 0 aliphatic heterocycles. The Bertz CT molecular complexity index is 1140. The molecule has 0 fully saturated rings. The van der Waals surface area contributed by atoms with Crippen LogP contribution in [0, 0.1) is 0 Å². The predicted molar refractivity (Wildman–Crippen MR) is 96.6 cm³/mol. The lowest BCUT2D eigenvalue weighted by Crippen LogP contribution is -2.13. The van der Waals surface area contributed by atoms with Crippen molar-refractivity contribution in [1.82, 2.24) is 15.0 Å². The number of imidazole rings is 1. The quantitative estimate of drug-likeness (QED) is 0.590. The van der Waals surface area contributed by atoms with Crippen LogP contribution < -0.4 is 4.72 Å². The van der Waals surface area contributed by atoms with Crippen LogP contribution in [-0.4, -0.2) is 23.4 Å². The summed E-state index contributed by atoms with van der Waals surface area (Å²) in [5, 5.41) is 1.07. The van der Waals surface area contributed by atoms with Crippen molar-refractivity contribution in [2.45, 2.75) is 5.03 Å². The molecule has 0 aliphatic carbocycles. The van der Waals surface area contributed by atoms with Crippen LogP contribution in [0.2, 0.25) is 0 Å². The second kappa shape index (κ2) is 6.03. The Kier molecular flexibility index (Phi) is 3.70. The summed E-state index contributed by atoms with van der Waals surface area (Å²) in [5.41, 5.74) is 2.96. The van der Waals surface area contributed by atoms with Gasteiger partial charge in [-0.2, -0.15) is 8.42 Å². The van der Waals surface area contributed by atoms with E-state index in [1.807, 2.05) is 42.5 Å². The lowest BCUT2D eigenvalue weighted by atomic mass is 10.1. The Morgan fingerprint density at radius 2 is 1.84 bits per heavy atom. The first kappa shape index (κ1) is 15.3. The number of nitrogens with one attached hydrogen (secondary N) is 2. The minimum absolute atomic E-state index is 0.0155. The summed E-state index contributed by atoms with van der Waals surface area (Å²) in [6.45, 7) is 0. The highest BCUT2D eigenvalue weighted by molar-refractivity contribution is 7.92. The van der Waals surface area contributed by atoms with Gasteiger partial charge >= 0.3 is 0 Å². The summed E-state index contributed by atoms with van der Waals surface area (Å²) in [7, 11) is -3.69. The van der Waals surface area contributed by atoms with E-state index < -0.39 is 10.0 Å². The Morgan fingerprint density at radius 1 is 0.960 bits per heavy atom. The SMILES string of the molecule is O=S(=O)(Nc1cccc(-c2ccc3ccccc3n2)c1)c1cnc[nH]1. The molecule has 25 heavy (non-hydrogen) atoms. The Labute approximate surface area is 144 Å². The molecule has 0 saturated heterocycles. The molecule has 6 nitrogen and oxygen atoms in total. The molecule has 0 radical (unpaired) electrons. The maximum Gasteiger partial charge on any atom is 0.278 e. The first-order valence-electron chi connectivity index (χ1n) is 7.59. The van der Waals surface area contributed by atoms with Crippen molar-refractivity contribution in [2.75, 3.05) is 4.72 Å². The van der Waals surface area contributed by atoms with Crippen LogP contribution in [-0.2, 0) is 10.0 Å². The van der Waals surface area contributed by atoms with Gasteiger partial charge < -0.3 is 4.98 Å². The largest absolute Gasteiger partial charge is 0.334 e. The maximum absolute atomic E-state index is 12.3. The molecular formula is C18H14N4O2S. The van der Waals surface area contributed by atoms with Crippen LogP contribution in [0.3, 0.4) is 0 Å². The van der Waals surface area contributed by atoms with Crippen molar-refractivity contribution in [3.63, 3.8) is 0 Å². The van der Waals surface area contributed by atoms with Crippen molar-refractivity contribution in [2.24, 2.45) is 0 Å². The zero-order valence-corrected chi connectivity index (χ0v) is 13.9. The fraction of sp³-hybridized carbons (Fsp3) is 0. The number of nitrogens with zero attached hydrogens (tertiary/aromatic N) is 2. The highest BCUT2D eigenvalue weighted by Gasteiger charge is 2.15. The molecule has 0 spiro atoms. The number of para-hydroxylation sites is 1. The minimum Gasteiger partial charge on any atom is -0.334 e. The van der Waals surface area contributed by atoms with Crippen LogP contribution in [0.4, 0.5) is 5.69 Å². The molecule has 2 aromatic carbocycles. The molecule has 4 rings (SSSR count). The first-order valence-corrected chi connectivity index (χ1v) is 9.08. The smallest absolute Gasteiger partial charge is 0.278 e. The van der Waals surface area contributed by atoms with Gasteiger partial charge in [0.25, 0.3) is 10.0 Å². The number of hydrogen-bond acceptors (Lipinski definition) is 4. The van der Waals surface area contributed by atoms with E-state index in [2.05, 4.69) is 19.7 Å². The fourth-order valence-corrected chi connectivity index (χ4v) is 3.52. The number of fused-ring (bicyclic) bond motifs is 1. The zero-order valence-electron chi connectivity index (χ0n) is 13.0. The van der Waals surface area contributed by atoms with Gasteiger partial charge in [-0.1, -0.05) is 36.4 Å². The lowest BCUT2D eigenvalue weighted by Gasteiger charge is -2.08. The normalized spacial score (nSPS) is 11.5. The van der Waals surface area contributed by atoms with Crippen LogP contribution in [0.1, 0.15) is 0 Å². The average molecular weight is 350 g/mol. The Balaban J connectivity index is 1.69.